The monoisotopic (exact) mass is 362 g/mol. The highest BCUT2D eigenvalue weighted by molar-refractivity contribution is 7.80. The third-order valence-corrected chi connectivity index (χ3v) is 5.06. The predicted molar refractivity (Wildman–Crippen MR) is 105 cm³/mol. The molecule has 2 rings (SSSR count). The van der Waals surface area contributed by atoms with Gasteiger partial charge in [-0.25, -0.2) is 4.79 Å². The lowest BCUT2D eigenvalue weighted by molar-refractivity contribution is 0.0602. The molecule has 0 fully saturated rings. The van der Waals surface area contributed by atoms with Gasteiger partial charge < -0.3 is 15.4 Å². The summed E-state index contributed by atoms with van der Waals surface area (Å²) in [4.78, 5) is 13.1. The van der Waals surface area contributed by atoms with E-state index in [1.54, 1.807) is 0 Å². The van der Waals surface area contributed by atoms with E-state index in [0.717, 1.165) is 23.3 Å². The number of thiophene rings is 1. The zero-order valence-electron chi connectivity index (χ0n) is 14.1. The van der Waals surface area contributed by atoms with Crippen LogP contribution in [0.2, 0.25) is 0 Å². The Kier molecular flexibility index (Phi) is 6.75. The minimum absolute atomic E-state index is 0.320. The number of ether oxygens (including phenoxy) is 1. The Hall–Kier alpha value is -1.92. The zero-order valence-corrected chi connectivity index (χ0v) is 15.7. The number of esters is 1. The molecule has 2 N–H and O–H groups in total. The lowest BCUT2D eigenvalue weighted by atomic mass is 10.1. The van der Waals surface area contributed by atoms with E-state index >= 15 is 0 Å². The lowest BCUT2D eigenvalue weighted by Crippen LogP contribution is -2.37. The Morgan fingerprint density at radius 2 is 1.92 bits per heavy atom. The van der Waals surface area contributed by atoms with Crippen LogP contribution >= 0.6 is 23.6 Å². The summed E-state index contributed by atoms with van der Waals surface area (Å²) in [5.74, 6) is -0.374. The Labute approximate surface area is 152 Å². The van der Waals surface area contributed by atoms with Crippen LogP contribution in [0.25, 0.3) is 10.4 Å². The average molecular weight is 363 g/mol. The van der Waals surface area contributed by atoms with Crippen molar-refractivity contribution in [2.45, 2.75) is 32.7 Å². The van der Waals surface area contributed by atoms with E-state index in [4.69, 9.17) is 17.0 Å². The van der Waals surface area contributed by atoms with Gasteiger partial charge in [-0.15, -0.1) is 11.3 Å². The number of carbonyl (C=O) groups is 1. The molecule has 0 aliphatic rings. The van der Waals surface area contributed by atoms with Crippen molar-refractivity contribution in [2.24, 2.45) is 0 Å². The van der Waals surface area contributed by atoms with Crippen LogP contribution in [0.5, 0.6) is 0 Å². The average Bonchev–Trinajstić information content (AvgIpc) is 3.03. The fourth-order valence-electron chi connectivity index (χ4n) is 2.31. The van der Waals surface area contributed by atoms with E-state index in [0.29, 0.717) is 21.7 Å². The van der Waals surface area contributed by atoms with Gasteiger partial charge in [0.2, 0.25) is 0 Å². The van der Waals surface area contributed by atoms with Gasteiger partial charge in [-0.1, -0.05) is 44.2 Å². The minimum Gasteiger partial charge on any atom is -0.465 e. The van der Waals surface area contributed by atoms with Crippen LogP contribution in [0.4, 0.5) is 5.00 Å². The van der Waals surface area contributed by atoms with Crippen LogP contribution in [-0.4, -0.2) is 24.2 Å². The topological polar surface area (TPSA) is 50.4 Å². The lowest BCUT2D eigenvalue weighted by Gasteiger charge is -2.17. The first-order valence-corrected chi connectivity index (χ1v) is 9.16. The molecule has 0 saturated carbocycles. The van der Waals surface area contributed by atoms with Crippen molar-refractivity contribution in [1.82, 2.24) is 5.32 Å². The van der Waals surface area contributed by atoms with Crippen LogP contribution < -0.4 is 10.6 Å². The number of anilines is 1. The fourth-order valence-corrected chi connectivity index (χ4v) is 3.70. The number of nitrogens with one attached hydrogen (secondary N) is 2. The van der Waals surface area contributed by atoms with Gasteiger partial charge in [-0.05, 0) is 36.7 Å². The molecule has 0 aliphatic heterocycles. The van der Waals surface area contributed by atoms with Crippen LogP contribution in [0.3, 0.4) is 0 Å². The molecular formula is C18H22N2O2S2. The maximum Gasteiger partial charge on any atom is 0.340 e. The molecule has 0 bridgehead atoms. The van der Waals surface area contributed by atoms with E-state index in [1.165, 1.54) is 18.4 Å². The van der Waals surface area contributed by atoms with Crippen molar-refractivity contribution >= 4 is 39.6 Å². The molecular weight excluding hydrogens is 340 g/mol. The molecule has 0 saturated heterocycles. The molecule has 4 nitrogen and oxygen atoms in total. The fraction of sp³-hybridized carbons (Fsp3) is 0.333. The van der Waals surface area contributed by atoms with Crippen LogP contribution in [0.15, 0.2) is 36.4 Å². The molecule has 0 aliphatic carbocycles. The number of hydrogen-bond donors (Lipinski definition) is 2. The summed E-state index contributed by atoms with van der Waals surface area (Å²) in [6, 6.07) is 12.1. The number of thiocarbonyl (C=S) groups is 1. The number of rotatable bonds is 6. The Morgan fingerprint density at radius 1 is 1.25 bits per heavy atom. The molecule has 24 heavy (non-hydrogen) atoms. The molecule has 1 aromatic carbocycles. The van der Waals surface area contributed by atoms with Crippen LogP contribution in [0.1, 0.15) is 37.0 Å². The summed E-state index contributed by atoms with van der Waals surface area (Å²) in [5.41, 5.74) is 1.55. The highest BCUT2D eigenvalue weighted by atomic mass is 32.1. The van der Waals surface area contributed by atoms with Crippen molar-refractivity contribution in [2.75, 3.05) is 12.4 Å². The SMILES string of the molecule is CCC(CC)NC(=S)Nc1sc(-c2ccccc2)cc1C(=O)OC. The van der Waals surface area contributed by atoms with Gasteiger partial charge in [0.1, 0.15) is 5.00 Å². The first-order valence-electron chi connectivity index (χ1n) is 7.94. The molecule has 0 radical (unpaired) electrons. The smallest absolute Gasteiger partial charge is 0.340 e. The molecule has 6 heteroatoms. The third-order valence-electron chi connectivity index (χ3n) is 3.74. The second kappa shape index (κ2) is 8.80. The highest BCUT2D eigenvalue weighted by Crippen LogP contribution is 2.35. The van der Waals surface area contributed by atoms with Gasteiger partial charge in [0.25, 0.3) is 0 Å². The molecule has 0 atom stereocenters. The Morgan fingerprint density at radius 3 is 2.50 bits per heavy atom. The molecule has 0 spiro atoms. The molecule has 1 heterocycles. The number of methoxy groups -OCH3 is 1. The molecule has 0 unspecified atom stereocenters. The summed E-state index contributed by atoms with van der Waals surface area (Å²) in [6.07, 6.45) is 1.98. The predicted octanol–water partition coefficient (Wildman–Crippen LogP) is 4.68. The Balaban J connectivity index is 2.26. The zero-order chi connectivity index (χ0) is 17.5. The Bertz CT molecular complexity index is 694. The van der Waals surface area contributed by atoms with E-state index in [-0.39, 0.29) is 5.97 Å². The summed E-state index contributed by atoms with van der Waals surface area (Å²) in [5, 5.41) is 7.65. The van der Waals surface area contributed by atoms with E-state index in [1.807, 2.05) is 36.4 Å². The van der Waals surface area contributed by atoms with E-state index < -0.39 is 0 Å². The maximum absolute atomic E-state index is 12.1. The standard InChI is InChI=1S/C18H22N2O2S2/c1-4-13(5-2)19-18(23)20-16-14(17(21)22-3)11-15(24-16)12-9-7-6-8-10-12/h6-11,13H,4-5H2,1-3H3,(H2,19,20,23). The van der Waals surface area contributed by atoms with Crippen LogP contribution in [0, 0.1) is 0 Å². The van der Waals surface area contributed by atoms with Crippen molar-refractivity contribution in [1.29, 1.82) is 0 Å². The largest absolute Gasteiger partial charge is 0.465 e. The normalized spacial score (nSPS) is 10.5. The van der Waals surface area contributed by atoms with Crippen molar-refractivity contribution in [3.8, 4) is 10.4 Å². The second-order valence-corrected chi connectivity index (χ2v) is 6.78. The van der Waals surface area contributed by atoms with Crippen molar-refractivity contribution in [3.63, 3.8) is 0 Å². The van der Waals surface area contributed by atoms with Gasteiger partial charge in [0, 0.05) is 10.9 Å². The first-order chi connectivity index (χ1) is 11.6. The van der Waals surface area contributed by atoms with Gasteiger partial charge in [0.05, 0.1) is 12.7 Å². The van der Waals surface area contributed by atoms with Gasteiger partial charge in [-0.3, -0.25) is 0 Å². The third kappa shape index (κ3) is 4.55. The summed E-state index contributed by atoms with van der Waals surface area (Å²) in [6.45, 7) is 4.23. The molecule has 0 amide bonds. The number of hydrogen-bond acceptors (Lipinski definition) is 4. The summed E-state index contributed by atoms with van der Waals surface area (Å²) >= 11 is 6.87. The molecule has 2 aromatic rings. The van der Waals surface area contributed by atoms with E-state index in [9.17, 15) is 4.79 Å². The molecule has 1 aromatic heterocycles. The number of benzene rings is 1. The van der Waals surface area contributed by atoms with Gasteiger partial charge in [-0.2, -0.15) is 0 Å². The van der Waals surface area contributed by atoms with Crippen molar-refractivity contribution < 1.29 is 9.53 Å². The van der Waals surface area contributed by atoms with Gasteiger partial charge in [0.15, 0.2) is 5.11 Å². The molecule has 128 valence electrons. The highest BCUT2D eigenvalue weighted by Gasteiger charge is 2.19. The number of carbonyl (C=O) groups excluding carboxylic acids is 1. The summed E-state index contributed by atoms with van der Waals surface area (Å²) in [7, 11) is 1.38. The van der Waals surface area contributed by atoms with E-state index in [2.05, 4.69) is 24.5 Å². The minimum atomic E-state index is -0.374. The van der Waals surface area contributed by atoms with Crippen molar-refractivity contribution in [3.05, 3.63) is 42.0 Å². The first kappa shape index (κ1) is 18.4. The summed E-state index contributed by atoms with van der Waals surface area (Å²) < 4.78 is 4.90. The quantitative estimate of drug-likeness (QED) is 0.577. The van der Waals surface area contributed by atoms with Gasteiger partial charge >= 0.3 is 5.97 Å². The maximum atomic E-state index is 12.1. The second-order valence-electron chi connectivity index (χ2n) is 5.32. The van der Waals surface area contributed by atoms with Crippen LogP contribution in [-0.2, 0) is 4.74 Å².